The van der Waals surface area contributed by atoms with E-state index >= 15 is 0 Å². The van der Waals surface area contributed by atoms with Crippen LogP contribution in [0, 0.1) is 0 Å². The first-order valence-corrected chi connectivity index (χ1v) is 12.6. The van der Waals surface area contributed by atoms with Crippen LogP contribution in [-0.4, -0.2) is 46.2 Å². The van der Waals surface area contributed by atoms with E-state index in [1.54, 1.807) is 37.5 Å². The fourth-order valence-electron chi connectivity index (χ4n) is 3.63. The number of hydrogen-bond acceptors (Lipinski definition) is 8. The highest BCUT2D eigenvalue weighted by molar-refractivity contribution is 7.99. The van der Waals surface area contributed by atoms with Gasteiger partial charge in [0.25, 0.3) is 0 Å². The standard InChI is InChI=1S/C23H25N5O4S2/c1-4-28-20(17-7-6-12-33-17)26-27-23(28)34-13-16-18(21(29)32-5-2)19(25-22(30)24-16)14-8-10-15(31-3)11-9-14/h6-12,19H,4-5,13H2,1-3H3,(H2,24,25,30). The predicted molar refractivity (Wildman–Crippen MR) is 131 cm³/mol. The molecule has 0 aliphatic carbocycles. The van der Waals surface area contributed by atoms with Gasteiger partial charge in [0.05, 0.1) is 30.2 Å². The summed E-state index contributed by atoms with van der Waals surface area (Å²) in [5, 5.41) is 17.0. The highest BCUT2D eigenvalue weighted by Gasteiger charge is 2.34. The van der Waals surface area contributed by atoms with E-state index in [9.17, 15) is 9.59 Å². The maximum absolute atomic E-state index is 13.0. The van der Waals surface area contributed by atoms with Crippen molar-refractivity contribution < 1.29 is 19.1 Å². The number of aromatic nitrogens is 3. The second-order valence-electron chi connectivity index (χ2n) is 7.23. The minimum Gasteiger partial charge on any atom is -0.497 e. The van der Waals surface area contributed by atoms with Crippen molar-refractivity contribution in [3.63, 3.8) is 0 Å². The molecule has 3 heterocycles. The second kappa shape index (κ2) is 10.7. The first-order chi connectivity index (χ1) is 16.5. The van der Waals surface area contributed by atoms with Crippen molar-refractivity contribution in [3.05, 3.63) is 58.6 Å². The van der Waals surface area contributed by atoms with E-state index in [2.05, 4.69) is 20.8 Å². The lowest BCUT2D eigenvalue weighted by Gasteiger charge is -2.29. The molecule has 9 nitrogen and oxygen atoms in total. The molecule has 11 heteroatoms. The van der Waals surface area contributed by atoms with Crippen LogP contribution >= 0.6 is 23.1 Å². The van der Waals surface area contributed by atoms with Crippen molar-refractivity contribution in [2.24, 2.45) is 0 Å². The van der Waals surface area contributed by atoms with Gasteiger partial charge in [-0.2, -0.15) is 0 Å². The topological polar surface area (TPSA) is 107 Å². The molecule has 1 atom stereocenters. The summed E-state index contributed by atoms with van der Waals surface area (Å²) in [5.41, 5.74) is 1.59. The summed E-state index contributed by atoms with van der Waals surface area (Å²) in [4.78, 5) is 26.5. The number of nitrogens with zero attached hydrogens (tertiary/aromatic N) is 3. The Morgan fingerprint density at radius 2 is 2.00 bits per heavy atom. The van der Waals surface area contributed by atoms with Gasteiger partial charge in [0, 0.05) is 18.0 Å². The number of esters is 1. The molecule has 178 valence electrons. The van der Waals surface area contributed by atoms with Gasteiger partial charge in [-0.05, 0) is 43.0 Å². The molecule has 0 saturated heterocycles. The molecule has 1 unspecified atom stereocenters. The van der Waals surface area contributed by atoms with Crippen molar-refractivity contribution >= 4 is 35.1 Å². The SMILES string of the molecule is CCOC(=O)C1=C(CSc2nnc(-c3cccs3)n2CC)NC(=O)NC1c1ccc(OC)cc1. The number of nitrogens with one attached hydrogen (secondary N) is 2. The number of benzene rings is 1. The van der Waals surface area contributed by atoms with Gasteiger partial charge in [0.15, 0.2) is 11.0 Å². The summed E-state index contributed by atoms with van der Waals surface area (Å²) in [6, 6.07) is 10.2. The summed E-state index contributed by atoms with van der Waals surface area (Å²) in [6.45, 7) is 4.69. The Morgan fingerprint density at radius 3 is 2.65 bits per heavy atom. The van der Waals surface area contributed by atoms with Crippen molar-refractivity contribution in [2.45, 2.75) is 31.6 Å². The maximum atomic E-state index is 13.0. The fourth-order valence-corrected chi connectivity index (χ4v) is 5.32. The Morgan fingerprint density at radius 1 is 1.21 bits per heavy atom. The summed E-state index contributed by atoms with van der Waals surface area (Å²) in [6.07, 6.45) is 0. The monoisotopic (exact) mass is 499 g/mol. The van der Waals surface area contributed by atoms with Crippen LogP contribution in [0.4, 0.5) is 4.79 Å². The molecule has 2 amide bonds. The Hall–Kier alpha value is -3.31. The van der Waals surface area contributed by atoms with Gasteiger partial charge < -0.3 is 24.7 Å². The normalized spacial score (nSPS) is 15.6. The van der Waals surface area contributed by atoms with Crippen molar-refractivity contribution in [1.82, 2.24) is 25.4 Å². The quantitative estimate of drug-likeness (QED) is 0.338. The zero-order valence-electron chi connectivity index (χ0n) is 19.0. The number of carbonyl (C=O) groups excluding carboxylic acids is 2. The zero-order valence-corrected chi connectivity index (χ0v) is 20.7. The number of ether oxygens (including phenoxy) is 2. The van der Waals surface area contributed by atoms with Crippen LogP contribution in [0.1, 0.15) is 25.5 Å². The molecule has 2 N–H and O–H groups in total. The average molecular weight is 500 g/mol. The highest BCUT2D eigenvalue weighted by Crippen LogP contribution is 2.32. The maximum Gasteiger partial charge on any atom is 0.338 e. The summed E-state index contributed by atoms with van der Waals surface area (Å²) >= 11 is 3.00. The van der Waals surface area contributed by atoms with Gasteiger partial charge >= 0.3 is 12.0 Å². The van der Waals surface area contributed by atoms with Gasteiger partial charge in [-0.1, -0.05) is 30.0 Å². The number of thioether (sulfide) groups is 1. The van der Waals surface area contributed by atoms with Crippen LogP contribution < -0.4 is 15.4 Å². The van der Waals surface area contributed by atoms with Crippen molar-refractivity contribution in [2.75, 3.05) is 19.5 Å². The molecular formula is C23H25N5O4S2. The second-order valence-corrected chi connectivity index (χ2v) is 9.12. The third-order valence-corrected chi connectivity index (χ3v) is 7.08. The molecule has 0 bridgehead atoms. The summed E-state index contributed by atoms with van der Waals surface area (Å²) in [5.74, 6) is 1.31. The summed E-state index contributed by atoms with van der Waals surface area (Å²) in [7, 11) is 1.58. The lowest BCUT2D eigenvalue weighted by atomic mass is 9.95. The molecule has 2 aromatic heterocycles. The predicted octanol–water partition coefficient (Wildman–Crippen LogP) is 4.00. The number of thiophene rings is 1. The Balaban J connectivity index is 1.66. The Labute approximate surface area is 205 Å². The third kappa shape index (κ3) is 4.95. The van der Waals surface area contributed by atoms with Gasteiger partial charge in [-0.15, -0.1) is 21.5 Å². The van der Waals surface area contributed by atoms with Gasteiger partial charge in [0.1, 0.15) is 5.75 Å². The molecule has 1 aliphatic rings. The third-order valence-electron chi connectivity index (χ3n) is 5.22. The van der Waals surface area contributed by atoms with Crippen LogP contribution in [0.3, 0.4) is 0 Å². The average Bonchev–Trinajstić information content (AvgIpc) is 3.52. The molecule has 0 spiro atoms. The molecule has 1 aliphatic heterocycles. The van der Waals surface area contributed by atoms with E-state index in [-0.39, 0.29) is 12.6 Å². The number of amides is 2. The number of carbonyl (C=O) groups is 2. The Bertz CT molecular complexity index is 1190. The molecule has 0 fully saturated rings. The van der Waals surface area contributed by atoms with Crippen LogP contribution in [0.25, 0.3) is 10.7 Å². The van der Waals surface area contributed by atoms with Crippen molar-refractivity contribution in [1.29, 1.82) is 0 Å². The largest absolute Gasteiger partial charge is 0.497 e. The lowest BCUT2D eigenvalue weighted by Crippen LogP contribution is -2.46. The number of urea groups is 1. The van der Waals surface area contributed by atoms with Crippen LogP contribution in [0.5, 0.6) is 5.75 Å². The molecule has 0 saturated carbocycles. The van der Waals surface area contributed by atoms with Gasteiger partial charge in [-0.25, -0.2) is 9.59 Å². The molecular weight excluding hydrogens is 474 g/mol. The van der Waals surface area contributed by atoms with E-state index in [4.69, 9.17) is 9.47 Å². The Kier molecular flexibility index (Phi) is 7.53. The molecule has 3 aromatic rings. The zero-order chi connectivity index (χ0) is 24.1. The lowest BCUT2D eigenvalue weighted by molar-refractivity contribution is -0.139. The van der Waals surface area contributed by atoms with Gasteiger partial charge in [-0.3, -0.25) is 0 Å². The van der Waals surface area contributed by atoms with Crippen molar-refractivity contribution in [3.8, 4) is 16.5 Å². The molecule has 34 heavy (non-hydrogen) atoms. The van der Waals surface area contributed by atoms with Crippen LogP contribution in [0.2, 0.25) is 0 Å². The van der Waals surface area contributed by atoms with E-state index < -0.39 is 12.0 Å². The highest BCUT2D eigenvalue weighted by atomic mass is 32.2. The van der Waals surface area contributed by atoms with Gasteiger partial charge in [0.2, 0.25) is 0 Å². The first-order valence-electron chi connectivity index (χ1n) is 10.8. The minimum absolute atomic E-state index is 0.223. The van der Waals surface area contributed by atoms with E-state index in [1.807, 2.05) is 41.1 Å². The molecule has 1 aromatic carbocycles. The van der Waals surface area contributed by atoms with E-state index in [1.165, 1.54) is 11.8 Å². The summed E-state index contributed by atoms with van der Waals surface area (Å²) < 4.78 is 12.6. The smallest absolute Gasteiger partial charge is 0.338 e. The van der Waals surface area contributed by atoms with Crippen LogP contribution in [0.15, 0.2) is 58.2 Å². The number of hydrogen-bond donors (Lipinski definition) is 2. The molecule has 4 rings (SSSR count). The number of methoxy groups -OCH3 is 1. The number of rotatable bonds is 9. The minimum atomic E-state index is -0.653. The first kappa shape index (κ1) is 23.8. The fraction of sp³-hybridized carbons (Fsp3) is 0.304. The van der Waals surface area contributed by atoms with Crippen LogP contribution in [-0.2, 0) is 16.1 Å². The molecule has 0 radical (unpaired) electrons. The van der Waals surface area contributed by atoms with E-state index in [0.717, 1.165) is 16.3 Å². The van der Waals surface area contributed by atoms with E-state index in [0.29, 0.717) is 34.5 Å².